The van der Waals surface area contributed by atoms with Crippen molar-refractivity contribution in [2.45, 2.75) is 6.42 Å². The third kappa shape index (κ3) is 3.47. The number of anilines is 1. The van der Waals surface area contributed by atoms with Gasteiger partial charge in [-0.15, -0.1) is 0 Å². The molecule has 0 saturated carbocycles. The highest BCUT2D eigenvalue weighted by Gasteiger charge is 2.07. The third-order valence-corrected chi connectivity index (χ3v) is 3.16. The minimum Gasteiger partial charge on any atom is -0.321 e. The third-order valence-electron chi connectivity index (χ3n) is 3.16. The number of aldehydes is 1. The Bertz CT molecular complexity index is 773. The molecule has 0 unspecified atom stereocenters. The summed E-state index contributed by atoms with van der Waals surface area (Å²) >= 11 is 0. The second-order valence-electron chi connectivity index (χ2n) is 4.64. The van der Waals surface area contributed by atoms with Crippen LogP contribution in [-0.2, 0) is 16.0 Å². The van der Waals surface area contributed by atoms with E-state index in [1.54, 1.807) is 12.1 Å². The second-order valence-corrected chi connectivity index (χ2v) is 4.64. The second kappa shape index (κ2) is 7.00. The van der Waals surface area contributed by atoms with Gasteiger partial charge in [-0.3, -0.25) is 4.79 Å². The maximum Gasteiger partial charge on any atom is 0.247 e. The lowest BCUT2D eigenvalue weighted by molar-refractivity contribution is -0.112. The number of nitrogens with one attached hydrogen (secondary N) is 1. The topological polar surface area (TPSA) is 70.0 Å². The van der Waals surface area contributed by atoms with Crippen molar-refractivity contribution < 1.29 is 9.59 Å². The molecule has 0 spiro atoms. The normalized spacial score (nSPS) is 9.59. The van der Waals surface area contributed by atoms with Gasteiger partial charge in [-0.2, -0.15) is 5.26 Å². The van der Waals surface area contributed by atoms with E-state index in [0.717, 1.165) is 29.1 Å². The van der Waals surface area contributed by atoms with E-state index in [9.17, 15) is 14.9 Å². The van der Waals surface area contributed by atoms with Crippen molar-refractivity contribution in [2.24, 2.45) is 0 Å². The van der Waals surface area contributed by atoms with Crippen LogP contribution in [-0.4, -0.2) is 12.2 Å². The van der Waals surface area contributed by atoms with Crippen molar-refractivity contribution >= 4 is 17.9 Å². The van der Waals surface area contributed by atoms with Crippen molar-refractivity contribution in [3.63, 3.8) is 0 Å². The Morgan fingerprint density at radius 3 is 2.68 bits per heavy atom. The highest BCUT2D eigenvalue weighted by molar-refractivity contribution is 6.00. The lowest BCUT2D eigenvalue weighted by Gasteiger charge is -2.08. The van der Waals surface area contributed by atoms with Gasteiger partial charge in [0.05, 0.1) is 11.3 Å². The summed E-state index contributed by atoms with van der Waals surface area (Å²) in [6.45, 7) is 3.38. The number of nitriles is 1. The van der Waals surface area contributed by atoms with E-state index in [1.165, 1.54) is 0 Å². The maximum absolute atomic E-state index is 11.3. The number of rotatable bonds is 5. The Labute approximate surface area is 128 Å². The van der Waals surface area contributed by atoms with E-state index in [4.69, 9.17) is 0 Å². The van der Waals surface area contributed by atoms with Gasteiger partial charge in [0.2, 0.25) is 5.91 Å². The Morgan fingerprint density at radius 2 is 2.00 bits per heavy atom. The highest BCUT2D eigenvalue weighted by Crippen LogP contribution is 2.25. The van der Waals surface area contributed by atoms with Gasteiger partial charge in [0.25, 0.3) is 0 Å². The molecular weight excluding hydrogens is 276 g/mol. The van der Waals surface area contributed by atoms with E-state index < -0.39 is 0 Å². The minimum atomic E-state index is -0.364. The average Bonchev–Trinajstić information content (AvgIpc) is 2.55. The van der Waals surface area contributed by atoms with Crippen LogP contribution in [0.5, 0.6) is 0 Å². The van der Waals surface area contributed by atoms with Crippen molar-refractivity contribution in [3.8, 4) is 17.2 Å². The molecule has 1 amide bonds. The quantitative estimate of drug-likeness (QED) is 0.679. The van der Waals surface area contributed by atoms with Gasteiger partial charge in [0.15, 0.2) is 0 Å². The minimum absolute atomic E-state index is 0.354. The number of hydrogen-bond acceptors (Lipinski definition) is 3. The summed E-state index contributed by atoms with van der Waals surface area (Å²) in [4.78, 5) is 22.0. The number of carbonyl (C=O) groups is 2. The molecule has 2 aromatic carbocycles. The summed E-state index contributed by atoms with van der Waals surface area (Å²) in [7, 11) is 0. The SMILES string of the molecule is C=CC(=O)Nc1ccc(-c2cccc(CC=O)c2)cc1C#N. The molecule has 0 aromatic heterocycles. The van der Waals surface area contributed by atoms with E-state index in [-0.39, 0.29) is 5.91 Å². The van der Waals surface area contributed by atoms with Crippen LogP contribution in [0.1, 0.15) is 11.1 Å². The summed E-state index contributed by atoms with van der Waals surface area (Å²) in [5, 5.41) is 11.8. The summed E-state index contributed by atoms with van der Waals surface area (Å²) in [5.41, 5.74) is 3.49. The molecule has 0 aliphatic rings. The average molecular weight is 290 g/mol. The summed E-state index contributed by atoms with van der Waals surface area (Å²) in [5.74, 6) is -0.364. The van der Waals surface area contributed by atoms with Crippen LogP contribution in [0.15, 0.2) is 55.1 Å². The number of benzene rings is 2. The van der Waals surface area contributed by atoms with Gasteiger partial charge in [-0.1, -0.05) is 36.9 Å². The molecule has 108 valence electrons. The van der Waals surface area contributed by atoms with Crippen molar-refractivity contribution in [1.82, 2.24) is 0 Å². The molecule has 1 N–H and O–H groups in total. The number of nitrogens with zero attached hydrogens (tertiary/aromatic N) is 1. The summed E-state index contributed by atoms with van der Waals surface area (Å²) in [6.07, 6.45) is 2.36. The predicted octanol–water partition coefficient (Wildman–Crippen LogP) is 3.09. The van der Waals surface area contributed by atoms with Gasteiger partial charge in [-0.05, 0) is 34.9 Å². The molecule has 2 aromatic rings. The van der Waals surface area contributed by atoms with Gasteiger partial charge in [-0.25, -0.2) is 0 Å². The first kappa shape index (κ1) is 15.2. The van der Waals surface area contributed by atoms with Crippen LogP contribution in [0.25, 0.3) is 11.1 Å². The first-order valence-electron chi connectivity index (χ1n) is 6.68. The Kier molecular flexibility index (Phi) is 4.84. The zero-order valence-electron chi connectivity index (χ0n) is 11.9. The molecule has 0 heterocycles. The Hall–Kier alpha value is -3.19. The fraction of sp³-hybridized carbons (Fsp3) is 0.0556. The van der Waals surface area contributed by atoms with Gasteiger partial charge in [0.1, 0.15) is 12.4 Å². The van der Waals surface area contributed by atoms with Crippen LogP contribution in [0.3, 0.4) is 0 Å². The van der Waals surface area contributed by atoms with E-state index in [0.29, 0.717) is 17.7 Å². The van der Waals surface area contributed by atoms with Crippen molar-refractivity contribution in [1.29, 1.82) is 5.26 Å². The first-order chi connectivity index (χ1) is 10.7. The number of hydrogen-bond donors (Lipinski definition) is 1. The molecule has 0 atom stereocenters. The first-order valence-corrected chi connectivity index (χ1v) is 6.68. The van der Waals surface area contributed by atoms with Crippen molar-refractivity contribution in [2.75, 3.05) is 5.32 Å². The molecule has 0 aliphatic heterocycles. The molecule has 0 radical (unpaired) electrons. The predicted molar refractivity (Wildman–Crippen MR) is 85.2 cm³/mol. The summed E-state index contributed by atoms with van der Waals surface area (Å²) in [6, 6.07) is 14.8. The van der Waals surface area contributed by atoms with Crippen LogP contribution < -0.4 is 5.32 Å². The molecule has 4 nitrogen and oxygen atoms in total. The molecule has 0 fully saturated rings. The van der Waals surface area contributed by atoms with Gasteiger partial charge < -0.3 is 10.1 Å². The molecule has 2 rings (SSSR count). The van der Waals surface area contributed by atoms with Crippen LogP contribution in [0.4, 0.5) is 5.69 Å². The van der Waals surface area contributed by atoms with Crippen LogP contribution >= 0.6 is 0 Å². The van der Waals surface area contributed by atoms with Crippen LogP contribution in [0.2, 0.25) is 0 Å². The molecule has 0 aliphatic carbocycles. The van der Waals surface area contributed by atoms with E-state index in [2.05, 4.69) is 18.0 Å². The standard InChI is InChI=1S/C18H14N2O2/c1-2-18(22)20-17-7-6-15(11-16(17)12-19)14-5-3-4-13(10-14)8-9-21/h2-7,9-11H,1,8H2,(H,20,22). The summed E-state index contributed by atoms with van der Waals surface area (Å²) < 4.78 is 0. The molecule has 22 heavy (non-hydrogen) atoms. The molecular formula is C18H14N2O2. The molecule has 4 heteroatoms. The fourth-order valence-corrected chi connectivity index (χ4v) is 2.08. The number of carbonyl (C=O) groups excluding carboxylic acids is 2. The molecule has 0 bridgehead atoms. The van der Waals surface area contributed by atoms with E-state index in [1.807, 2.05) is 30.3 Å². The Balaban J connectivity index is 2.39. The van der Waals surface area contributed by atoms with Gasteiger partial charge in [0, 0.05) is 6.42 Å². The van der Waals surface area contributed by atoms with Crippen LogP contribution in [0, 0.1) is 11.3 Å². The Morgan fingerprint density at radius 1 is 1.23 bits per heavy atom. The van der Waals surface area contributed by atoms with E-state index >= 15 is 0 Å². The lowest BCUT2D eigenvalue weighted by atomic mass is 9.99. The zero-order valence-corrected chi connectivity index (χ0v) is 11.9. The monoisotopic (exact) mass is 290 g/mol. The zero-order chi connectivity index (χ0) is 15.9. The fourth-order valence-electron chi connectivity index (χ4n) is 2.08. The maximum atomic E-state index is 11.3. The van der Waals surface area contributed by atoms with Gasteiger partial charge >= 0.3 is 0 Å². The lowest BCUT2D eigenvalue weighted by Crippen LogP contribution is -2.08. The molecule has 0 saturated heterocycles. The van der Waals surface area contributed by atoms with Crippen molar-refractivity contribution in [3.05, 3.63) is 66.2 Å². The largest absolute Gasteiger partial charge is 0.321 e. The smallest absolute Gasteiger partial charge is 0.247 e. The highest BCUT2D eigenvalue weighted by atomic mass is 16.1. The number of amides is 1.